The van der Waals surface area contributed by atoms with Crippen LogP contribution < -0.4 is 5.32 Å². The van der Waals surface area contributed by atoms with Gasteiger partial charge in [-0.3, -0.25) is 10.1 Å². The molecule has 1 saturated heterocycles. The first-order valence-corrected chi connectivity index (χ1v) is 11.9. The molecule has 0 radical (unpaired) electrons. The van der Waals surface area contributed by atoms with Crippen LogP contribution in [0.4, 0.5) is 11.4 Å². The third-order valence-electron chi connectivity index (χ3n) is 6.13. The molecule has 3 rings (SSSR count). The predicted octanol–water partition coefficient (Wildman–Crippen LogP) is 3.92. The molecule has 1 heterocycles. The van der Waals surface area contributed by atoms with Gasteiger partial charge < -0.3 is 10.1 Å². The van der Waals surface area contributed by atoms with E-state index in [0.29, 0.717) is 25.4 Å². The number of nitro groups is 1. The fraction of sp³-hybridized carbons (Fsp3) is 0.700. The van der Waals surface area contributed by atoms with Gasteiger partial charge >= 0.3 is 0 Å². The number of rotatable bonds is 7. The Labute approximate surface area is 172 Å². The number of nitrogens with one attached hydrogen (secondary N) is 1. The van der Waals surface area contributed by atoms with Crippen molar-refractivity contribution in [2.45, 2.75) is 75.3 Å². The molecule has 29 heavy (non-hydrogen) atoms. The zero-order valence-corrected chi connectivity index (χ0v) is 18.0. The lowest BCUT2D eigenvalue weighted by molar-refractivity contribution is -0.384. The molecule has 1 aromatic carbocycles. The zero-order chi connectivity index (χ0) is 21.1. The molecule has 8 nitrogen and oxygen atoms in total. The van der Waals surface area contributed by atoms with Gasteiger partial charge in [-0.2, -0.15) is 4.31 Å². The summed E-state index contributed by atoms with van der Waals surface area (Å²) in [5, 5.41) is 15.0. The van der Waals surface area contributed by atoms with Crippen molar-refractivity contribution in [1.29, 1.82) is 0 Å². The molecule has 1 aliphatic carbocycles. The van der Waals surface area contributed by atoms with Gasteiger partial charge in [-0.1, -0.05) is 33.1 Å². The Bertz CT molecular complexity index is 827. The van der Waals surface area contributed by atoms with Gasteiger partial charge in [-0.25, -0.2) is 8.42 Å². The van der Waals surface area contributed by atoms with Gasteiger partial charge in [0.15, 0.2) is 0 Å². The molecule has 162 valence electrons. The van der Waals surface area contributed by atoms with Crippen LogP contribution in [0.5, 0.6) is 0 Å². The second-order valence-corrected chi connectivity index (χ2v) is 9.89. The van der Waals surface area contributed by atoms with Gasteiger partial charge in [-0.15, -0.1) is 0 Å². The molecule has 1 unspecified atom stereocenters. The summed E-state index contributed by atoms with van der Waals surface area (Å²) in [5.74, 6) is 0. The average Bonchev–Trinajstić information content (AvgIpc) is 2.69. The highest BCUT2D eigenvalue weighted by Crippen LogP contribution is 2.40. The van der Waals surface area contributed by atoms with Crippen LogP contribution in [-0.4, -0.2) is 49.0 Å². The summed E-state index contributed by atoms with van der Waals surface area (Å²) in [6, 6.07) is 4.23. The van der Waals surface area contributed by atoms with Crippen LogP contribution in [0.3, 0.4) is 0 Å². The van der Waals surface area contributed by atoms with Crippen molar-refractivity contribution in [3.8, 4) is 0 Å². The molecule has 9 heteroatoms. The van der Waals surface area contributed by atoms with Crippen molar-refractivity contribution >= 4 is 21.4 Å². The lowest BCUT2D eigenvalue weighted by atomic mass is 9.78. The van der Waals surface area contributed by atoms with Crippen molar-refractivity contribution < 1.29 is 18.1 Å². The van der Waals surface area contributed by atoms with Crippen LogP contribution in [0.15, 0.2) is 23.1 Å². The first-order valence-electron chi connectivity index (χ1n) is 10.5. The van der Waals surface area contributed by atoms with Gasteiger partial charge in [0.1, 0.15) is 5.69 Å². The van der Waals surface area contributed by atoms with Gasteiger partial charge in [0.2, 0.25) is 10.0 Å². The van der Waals surface area contributed by atoms with E-state index in [-0.39, 0.29) is 22.2 Å². The molecular formula is C20H31N3O5S. The van der Waals surface area contributed by atoms with Gasteiger partial charge in [0, 0.05) is 31.8 Å². The second-order valence-electron chi connectivity index (χ2n) is 7.95. The number of nitro benzene ring substituents is 1. The summed E-state index contributed by atoms with van der Waals surface area (Å²) in [4.78, 5) is 11.1. The Balaban J connectivity index is 1.83. The molecular weight excluding hydrogens is 394 g/mol. The molecule has 2 fully saturated rings. The van der Waals surface area contributed by atoms with E-state index in [0.717, 1.165) is 38.5 Å². The number of hydrogen-bond acceptors (Lipinski definition) is 6. The van der Waals surface area contributed by atoms with E-state index in [1.807, 2.05) is 0 Å². The Hall–Kier alpha value is -1.71. The Morgan fingerprint density at radius 2 is 1.93 bits per heavy atom. The topological polar surface area (TPSA) is 102 Å². The van der Waals surface area contributed by atoms with E-state index in [4.69, 9.17) is 4.74 Å². The number of nitrogens with zero attached hydrogens (tertiary/aromatic N) is 2. The average molecular weight is 426 g/mol. The largest absolute Gasteiger partial charge is 0.377 e. The van der Waals surface area contributed by atoms with Gasteiger partial charge in [-0.05, 0) is 37.8 Å². The second kappa shape index (κ2) is 8.97. The number of hydrogen-bond donors (Lipinski definition) is 1. The van der Waals surface area contributed by atoms with E-state index in [1.54, 1.807) is 13.8 Å². The van der Waals surface area contributed by atoms with Crippen LogP contribution >= 0.6 is 0 Å². The minimum absolute atomic E-state index is 0.0471. The minimum atomic E-state index is -3.75. The van der Waals surface area contributed by atoms with Crippen LogP contribution in [0.1, 0.15) is 58.8 Å². The summed E-state index contributed by atoms with van der Waals surface area (Å²) in [7, 11) is -3.75. The number of anilines is 1. The Morgan fingerprint density at radius 3 is 2.55 bits per heavy atom. The predicted molar refractivity (Wildman–Crippen MR) is 112 cm³/mol. The third kappa shape index (κ3) is 4.73. The normalized spacial score (nSPS) is 22.0. The smallest absolute Gasteiger partial charge is 0.293 e. The summed E-state index contributed by atoms with van der Waals surface area (Å²) in [5.41, 5.74) is 0.0448. The zero-order valence-electron chi connectivity index (χ0n) is 17.2. The van der Waals surface area contributed by atoms with E-state index in [9.17, 15) is 18.5 Å². The summed E-state index contributed by atoms with van der Waals surface area (Å²) in [6.45, 7) is 4.77. The van der Waals surface area contributed by atoms with Crippen molar-refractivity contribution in [3.05, 3.63) is 28.3 Å². The van der Waals surface area contributed by atoms with E-state index in [1.165, 1.54) is 28.9 Å². The fourth-order valence-electron chi connectivity index (χ4n) is 4.57. The first-order chi connectivity index (χ1) is 13.8. The maximum absolute atomic E-state index is 12.7. The highest BCUT2D eigenvalue weighted by atomic mass is 32.2. The first kappa shape index (κ1) is 22.0. The maximum atomic E-state index is 12.7. The highest BCUT2D eigenvalue weighted by molar-refractivity contribution is 7.89. The Kier molecular flexibility index (Phi) is 6.80. The van der Waals surface area contributed by atoms with Gasteiger partial charge in [0.25, 0.3) is 5.69 Å². The summed E-state index contributed by atoms with van der Waals surface area (Å²) < 4.78 is 32.9. The molecule has 1 aromatic rings. The van der Waals surface area contributed by atoms with Gasteiger partial charge in [0.05, 0.1) is 15.4 Å². The van der Waals surface area contributed by atoms with Crippen LogP contribution in [-0.2, 0) is 14.8 Å². The van der Waals surface area contributed by atoms with Crippen molar-refractivity contribution in [2.75, 3.05) is 25.0 Å². The highest BCUT2D eigenvalue weighted by Gasteiger charge is 2.39. The lowest BCUT2D eigenvalue weighted by Gasteiger charge is -2.43. The molecule has 0 amide bonds. The maximum Gasteiger partial charge on any atom is 0.293 e. The molecule has 1 saturated carbocycles. The van der Waals surface area contributed by atoms with Crippen molar-refractivity contribution in [2.24, 2.45) is 0 Å². The van der Waals surface area contributed by atoms with Crippen molar-refractivity contribution in [1.82, 2.24) is 4.31 Å². The SMILES string of the molecule is CCN(CC)S(=O)(=O)c1ccc(NC2CCOC3(CCCCC3)C2)c([N+](=O)[O-])c1. The molecule has 1 aliphatic heterocycles. The monoisotopic (exact) mass is 425 g/mol. The standard InChI is InChI=1S/C20H31N3O5S/c1-3-22(4-2)29(26,27)17-8-9-18(19(14-17)23(24)25)21-16-10-13-28-20(15-16)11-6-5-7-12-20/h8-9,14,16,21H,3-7,10-13,15H2,1-2H3. The molecule has 2 aliphatic rings. The molecule has 0 bridgehead atoms. The lowest BCUT2D eigenvalue weighted by Crippen LogP contribution is -2.45. The minimum Gasteiger partial charge on any atom is -0.377 e. The number of ether oxygens (including phenoxy) is 1. The number of sulfonamides is 1. The number of benzene rings is 1. The van der Waals surface area contributed by atoms with E-state index in [2.05, 4.69) is 5.32 Å². The summed E-state index contributed by atoms with van der Waals surface area (Å²) >= 11 is 0. The third-order valence-corrected chi connectivity index (χ3v) is 8.17. The molecule has 1 atom stereocenters. The fourth-order valence-corrected chi connectivity index (χ4v) is 6.05. The van der Waals surface area contributed by atoms with Crippen molar-refractivity contribution in [3.63, 3.8) is 0 Å². The van der Waals surface area contributed by atoms with Crippen LogP contribution in [0.25, 0.3) is 0 Å². The molecule has 1 spiro atoms. The Morgan fingerprint density at radius 1 is 1.24 bits per heavy atom. The quantitative estimate of drug-likeness (QED) is 0.525. The van der Waals surface area contributed by atoms with Crippen LogP contribution in [0.2, 0.25) is 0 Å². The van der Waals surface area contributed by atoms with Crippen LogP contribution in [0, 0.1) is 10.1 Å². The van der Waals surface area contributed by atoms with E-state index >= 15 is 0 Å². The molecule has 1 N–H and O–H groups in total. The van der Waals surface area contributed by atoms with E-state index < -0.39 is 14.9 Å². The summed E-state index contributed by atoms with van der Waals surface area (Å²) in [6.07, 6.45) is 7.22. The molecule has 0 aromatic heterocycles.